The van der Waals surface area contributed by atoms with Gasteiger partial charge >= 0.3 is 5.97 Å². The molecule has 0 bridgehead atoms. The number of aromatic nitrogens is 1. The van der Waals surface area contributed by atoms with Crippen molar-refractivity contribution in [1.29, 1.82) is 0 Å². The van der Waals surface area contributed by atoms with Gasteiger partial charge < -0.3 is 15.0 Å². The summed E-state index contributed by atoms with van der Waals surface area (Å²) in [5, 5.41) is 16.2. The Kier molecular flexibility index (Phi) is 5.47. The smallest absolute Gasteiger partial charge is 0.335 e. The van der Waals surface area contributed by atoms with Crippen molar-refractivity contribution >= 4 is 33.3 Å². The summed E-state index contributed by atoms with van der Waals surface area (Å²) in [5.74, 6) is -0.927. The van der Waals surface area contributed by atoms with Crippen molar-refractivity contribution in [3.05, 3.63) is 133 Å². The molecule has 174 valence electrons. The van der Waals surface area contributed by atoms with Crippen molar-refractivity contribution in [2.45, 2.75) is 6.54 Å². The molecule has 36 heavy (non-hydrogen) atoms. The molecule has 6 rings (SSSR count). The first-order valence-electron chi connectivity index (χ1n) is 11.9. The van der Waals surface area contributed by atoms with Crippen LogP contribution in [-0.4, -0.2) is 15.6 Å². The van der Waals surface area contributed by atoms with E-state index in [1.165, 1.54) is 27.3 Å². The van der Waals surface area contributed by atoms with Crippen LogP contribution in [0.4, 0.5) is 5.69 Å². The molecule has 0 amide bonds. The number of hydrogen-bond acceptors (Lipinski definition) is 2. The second kappa shape index (κ2) is 9.08. The minimum Gasteiger partial charge on any atom is -0.478 e. The zero-order chi connectivity index (χ0) is 24.5. The van der Waals surface area contributed by atoms with Gasteiger partial charge in [0.2, 0.25) is 0 Å². The summed E-state index contributed by atoms with van der Waals surface area (Å²) in [5.41, 5.74) is 6.82. The minimum atomic E-state index is -0.927. The number of rotatable bonds is 6. The Morgan fingerprint density at radius 2 is 1.47 bits per heavy atom. The zero-order valence-corrected chi connectivity index (χ0v) is 19.6. The van der Waals surface area contributed by atoms with E-state index >= 15 is 0 Å². The van der Waals surface area contributed by atoms with Crippen molar-refractivity contribution < 1.29 is 9.90 Å². The van der Waals surface area contributed by atoms with Crippen LogP contribution in [0.5, 0.6) is 0 Å². The minimum absolute atomic E-state index is 0.274. The third-order valence-electron chi connectivity index (χ3n) is 6.57. The molecule has 0 spiro atoms. The van der Waals surface area contributed by atoms with E-state index < -0.39 is 5.97 Å². The molecular formula is C32H24N2O2. The Morgan fingerprint density at radius 1 is 0.694 bits per heavy atom. The Bertz CT molecular complexity index is 1730. The van der Waals surface area contributed by atoms with E-state index in [9.17, 15) is 9.90 Å². The summed E-state index contributed by atoms with van der Waals surface area (Å²) in [6.45, 7) is 0.599. The number of fused-ring (bicyclic) bond motifs is 2. The molecule has 1 heterocycles. The summed E-state index contributed by atoms with van der Waals surface area (Å²) >= 11 is 0. The Hall–Kier alpha value is -4.83. The fourth-order valence-electron chi connectivity index (χ4n) is 4.70. The third-order valence-corrected chi connectivity index (χ3v) is 6.57. The predicted octanol–water partition coefficient (Wildman–Crippen LogP) is 7.76. The Morgan fingerprint density at radius 3 is 2.33 bits per heavy atom. The number of carbonyl (C=O) groups is 1. The van der Waals surface area contributed by atoms with Crippen molar-refractivity contribution in [1.82, 2.24) is 4.57 Å². The molecule has 6 aromatic rings. The van der Waals surface area contributed by atoms with Crippen LogP contribution in [0, 0.1) is 0 Å². The maximum atomic E-state index is 11.2. The van der Waals surface area contributed by atoms with Crippen LogP contribution < -0.4 is 5.32 Å². The van der Waals surface area contributed by atoms with E-state index in [0.29, 0.717) is 6.54 Å². The number of benzene rings is 5. The van der Waals surface area contributed by atoms with Gasteiger partial charge in [0.05, 0.1) is 11.1 Å². The average molecular weight is 469 g/mol. The molecule has 1 aromatic heterocycles. The lowest BCUT2D eigenvalue weighted by Crippen LogP contribution is -2.02. The topological polar surface area (TPSA) is 54.3 Å². The SMILES string of the molecule is O=C(O)c1cccc(NCc2cccc(-n3ccc4cc(-c5ccc6ccccc6c5)ccc43)c2)c1. The molecule has 0 aliphatic carbocycles. The molecule has 4 heteroatoms. The van der Waals surface area contributed by atoms with Gasteiger partial charge in [-0.1, -0.05) is 60.7 Å². The van der Waals surface area contributed by atoms with E-state index in [0.717, 1.165) is 22.5 Å². The van der Waals surface area contributed by atoms with E-state index in [1.807, 2.05) is 6.07 Å². The Labute approximate surface area is 209 Å². The molecule has 2 N–H and O–H groups in total. The number of hydrogen-bond donors (Lipinski definition) is 2. The molecule has 5 aromatic carbocycles. The van der Waals surface area contributed by atoms with Gasteiger partial charge in [-0.25, -0.2) is 4.79 Å². The maximum Gasteiger partial charge on any atom is 0.335 e. The van der Waals surface area contributed by atoms with Crippen molar-refractivity contribution in [2.24, 2.45) is 0 Å². The van der Waals surface area contributed by atoms with Gasteiger partial charge in [-0.3, -0.25) is 0 Å². The molecule has 0 unspecified atom stereocenters. The van der Waals surface area contributed by atoms with Crippen molar-refractivity contribution in [3.63, 3.8) is 0 Å². The van der Waals surface area contributed by atoms with Crippen LogP contribution in [0.3, 0.4) is 0 Å². The first kappa shape index (κ1) is 21.7. The standard InChI is InChI=1S/C32H24N2O2/c35-32(36)28-8-4-9-29(20-28)33-21-22-5-3-10-30(17-22)34-16-15-27-19-26(13-14-31(27)34)25-12-11-23-6-1-2-7-24(23)18-25/h1-20,33H,21H2,(H,35,36). The first-order chi connectivity index (χ1) is 17.6. The zero-order valence-electron chi connectivity index (χ0n) is 19.6. The van der Waals surface area contributed by atoms with Crippen LogP contribution in [0.2, 0.25) is 0 Å². The van der Waals surface area contributed by atoms with Crippen LogP contribution in [0.1, 0.15) is 15.9 Å². The summed E-state index contributed by atoms with van der Waals surface area (Å²) in [7, 11) is 0. The molecule has 0 radical (unpaired) electrons. The van der Waals surface area contributed by atoms with Gasteiger partial charge in [0.15, 0.2) is 0 Å². The fraction of sp³-hybridized carbons (Fsp3) is 0.0312. The van der Waals surface area contributed by atoms with Crippen molar-refractivity contribution in [2.75, 3.05) is 5.32 Å². The summed E-state index contributed by atoms with van der Waals surface area (Å²) in [6, 6.07) is 39.1. The number of anilines is 1. The van der Waals surface area contributed by atoms with Crippen LogP contribution in [-0.2, 0) is 6.54 Å². The molecule has 4 nitrogen and oxygen atoms in total. The van der Waals surface area contributed by atoms with Crippen LogP contribution in [0.25, 0.3) is 38.5 Å². The van der Waals surface area contributed by atoms with Gasteiger partial charge in [-0.2, -0.15) is 0 Å². The first-order valence-corrected chi connectivity index (χ1v) is 11.9. The van der Waals surface area contributed by atoms with Gasteiger partial charge in [0.25, 0.3) is 0 Å². The lowest BCUT2D eigenvalue weighted by Gasteiger charge is -2.11. The highest BCUT2D eigenvalue weighted by atomic mass is 16.4. The van der Waals surface area contributed by atoms with E-state index in [2.05, 4.69) is 107 Å². The fourth-order valence-corrected chi connectivity index (χ4v) is 4.70. The highest BCUT2D eigenvalue weighted by molar-refractivity contribution is 5.91. The number of carboxylic acids is 1. The second-order valence-electron chi connectivity index (χ2n) is 8.93. The molecule has 0 saturated heterocycles. The van der Waals surface area contributed by atoms with Gasteiger partial charge in [-0.15, -0.1) is 0 Å². The molecule has 0 saturated carbocycles. The average Bonchev–Trinajstić information content (AvgIpc) is 3.35. The normalized spacial score (nSPS) is 11.1. The Balaban J connectivity index is 1.26. The number of nitrogens with one attached hydrogen (secondary N) is 1. The maximum absolute atomic E-state index is 11.2. The monoisotopic (exact) mass is 468 g/mol. The largest absolute Gasteiger partial charge is 0.478 e. The molecule has 0 atom stereocenters. The number of aromatic carboxylic acids is 1. The summed E-state index contributed by atoms with van der Waals surface area (Å²) in [4.78, 5) is 11.2. The molecule has 0 aliphatic heterocycles. The number of carboxylic acid groups (broad SMARTS) is 1. The van der Waals surface area contributed by atoms with Crippen LogP contribution >= 0.6 is 0 Å². The van der Waals surface area contributed by atoms with Crippen molar-refractivity contribution in [3.8, 4) is 16.8 Å². The molecule has 0 fully saturated rings. The predicted molar refractivity (Wildman–Crippen MR) is 147 cm³/mol. The van der Waals surface area contributed by atoms with Crippen LogP contribution in [0.15, 0.2) is 121 Å². The third kappa shape index (κ3) is 4.21. The summed E-state index contributed by atoms with van der Waals surface area (Å²) in [6.07, 6.45) is 2.11. The van der Waals surface area contributed by atoms with E-state index in [4.69, 9.17) is 0 Å². The summed E-state index contributed by atoms with van der Waals surface area (Å²) < 4.78 is 2.20. The second-order valence-corrected chi connectivity index (χ2v) is 8.93. The van der Waals surface area contributed by atoms with Gasteiger partial charge in [0, 0.05) is 29.5 Å². The lowest BCUT2D eigenvalue weighted by molar-refractivity contribution is 0.0697. The van der Waals surface area contributed by atoms with E-state index in [-0.39, 0.29) is 5.56 Å². The van der Waals surface area contributed by atoms with Gasteiger partial charge in [-0.05, 0) is 82.1 Å². The highest BCUT2D eigenvalue weighted by Crippen LogP contribution is 2.29. The highest BCUT2D eigenvalue weighted by Gasteiger charge is 2.08. The van der Waals surface area contributed by atoms with Gasteiger partial charge in [0.1, 0.15) is 0 Å². The quantitative estimate of drug-likeness (QED) is 0.263. The van der Waals surface area contributed by atoms with E-state index in [1.54, 1.807) is 18.2 Å². The molecular weight excluding hydrogens is 444 g/mol. The molecule has 0 aliphatic rings. The number of nitrogens with zero attached hydrogens (tertiary/aromatic N) is 1. The lowest BCUT2D eigenvalue weighted by atomic mass is 10.0.